The van der Waals surface area contributed by atoms with Gasteiger partial charge >= 0.3 is 0 Å². The maximum Gasteiger partial charge on any atom is 0.275 e. The molecule has 1 saturated heterocycles. The van der Waals surface area contributed by atoms with Crippen molar-refractivity contribution in [2.75, 3.05) is 26.2 Å². The van der Waals surface area contributed by atoms with Crippen LogP contribution in [-0.4, -0.2) is 52.9 Å². The molecule has 2 heterocycles. The smallest absolute Gasteiger partial charge is 0.275 e. The third-order valence-corrected chi connectivity index (χ3v) is 6.16. The summed E-state index contributed by atoms with van der Waals surface area (Å²) in [5, 5.41) is 7.37. The van der Waals surface area contributed by atoms with E-state index in [0.717, 1.165) is 5.69 Å². The van der Waals surface area contributed by atoms with Gasteiger partial charge in [0, 0.05) is 42.0 Å². The monoisotopic (exact) mass is 484 g/mol. The zero-order chi connectivity index (χ0) is 24.2. The van der Waals surface area contributed by atoms with Crippen LogP contribution in [0.25, 0.3) is 5.69 Å². The maximum absolute atomic E-state index is 14.8. The number of rotatable bonds is 6. The van der Waals surface area contributed by atoms with E-state index in [9.17, 15) is 14.0 Å². The minimum absolute atomic E-state index is 0.0469. The highest BCUT2D eigenvalue weighted by Gasteiger charge is 2.30. The van der Waals surface area contributed by atoms with Crippen LogP contribution in [-0.2, 0) is 4.74 Å². The molecule has 2 unspecified atom stereocenters. The van der Waals surface area contributed by atoms with Crippen molar-refractivity contribution in [2.45, 2.75) is 26.0 Å². The van der Waals surface area contributed by atoms with Crippen LogP contribution in [0.3, 0.4) is 0 Å². The van der Waals surface area contributed by atoms with Gasteiger partial charge in [0.05, 0.1) is 24.4 Å². The van der Waals surface area contributed by atoms with Crippen molar-refractivity contribution in [3.8, 4) is 5.69 Å². The normalized spacial score (nSPS) is 17.4. The lowest BCUT2D eigenvalue weighted by molar-refractivity contribution is -0.0346. The van der Waals surface area contributed by atoms with E-state index in [1.165, 1.54) is 12.1 Å². The summed E-state index contributed by atoms with van der Waals surface area (Å²) in [4.78, 5) is 27.7. The van der Waals surface area contributed by atoms with Crippen molar-refractivity contribution in [3.05, 3.63) is 92.6 Å². The summed E-state index contributed by atoms with van der Waals surface area (Å²) in [5.41, 5.74) is 0.918. The second-order valence-electron chi connectivity index (χ2n) is 8.28. The molecule has 4 rings (SSSR count). The van der Waals surface area contributed by atoms with Crippen LogP contribution in [0.2, 0.25) is 5.02 Å². The Labute approximate surface area is 202 Å². The van der Waals surface area contributed by atoms with Gasteiger partial charge in [-0.1, -0.05) is 35.9 Å². The second-order valence-corrected chi connectivity index (χ2v) is 8.69. The quantitative estimate of drug-likeness (QED) is 0.579. The first kappa shape index (κ1) is 24.1. The molecule has 1 aliphatic rings. The fourth-order valence-electron chi connectivity index (χ4n) is 4.18. The second kappa shape index (κ2) is 10.5. The van der Waals surface area contributed by atoms with E-state index in [2.05, 4.69) is 10.4 Å². The number of hydrogen-bond donors (Lipinski definition) is 1. The minimum Gasteiger partial charge on any atom is -0.376 e. The highest BCUT2D eigenvalue weighted by molar-refractivity contribution is 6.31. The largest absolute Gasteiger partial charge is 0.376 e. The van der Waals surface area contributed by atoms with Gasteiger partial charge in [0.15, 0.2) is 5.69 Å². The average Bonchev–Trinajstić information content (AvgIpc) is 2.81. The molecule has 1 amide bonds. The lowest BCUT2D eigenvalue weighted by atomic mass is 10.0. The van der Waals surface area contributed by atoms with Crippen LogP contribution >= 0.6 is 11.6 Å². The van der Waals surface area contributed by atoms with E-state index in [-0.39, 0.29) is 23.4 Å². The predicted molar refractivity (Wildman–Crippen MR) is 128 cm³/mol. The number of nitrogens with zero attached hydrogens (tertiary/aromatic N) is 3. The number of ether oxygens (including phenoxy) is 1. The first-order valence-electron chi connectivity index (χ1n) is 11.1. The zero-order valence-electron chi connectivity index (χ0n) is 19.0. The fraction of sp³-hybridized carbons (Fsp3) is 0.320. The van der Waals surface area contributed by atoms with Gasteiger partial charge in [-0.25, -0.2) is 9.07 Å². The summed E-state index contributed by atoms with van der Waals surface area (Å²) in [7, 11) is 0. The van der Waals surface area contributed by atoms with E-state index < -0.39 is 23.2 Å². The van der Waals surface area contributed by atoms with Crippen LogP contribution in [0.15, 0.2) is 59.4 Å². The Balaban J connectivity index is 1.62. The first-order chi connectivity index (χ1) is 16.3. The molecule has 1 N–H and O–H groups in total. The maximum atomic E-state index is 14.8. The molecule has 34 heavy (non-hydrogen) atoms. The molecular weight excluding hydrogens is 459 g/mol. The van der Waals surface area contributed by atoms with E-state index in [1.807, 2.05) is 42.2 Å². The van der Waals surface area contributed by atoms with Gasteiger partial charge < -0.3 is 10.1 Å². The number of aryl methyl sites for hydroxylation is 1. The van der Waals surface area contributed by atoms with Crippen molar-refractivity contribution in [2.24, 2.45) is 0 Å². The fourth-order valence-corrected chi connectivity index (χ4v) is 4.47. The molecule has 2 aromatic carbocycles. The number of morpholine rings is 1. The number of halogens is 2. The number of carbonyl (C=O) groups is 1. The van der Waals surface area contributed by atoms with E-state index >= 15 is 0 Å². The van der Waals surface area contributed by atoms with Crippen molar-refractivity contribution in [3.63, 3.8) is 0 Å². The summed E-state index contributed by atoms with van der Waals surface area (Å²) < 4.78 is 22.0. The van der Waals surface area contributed by atoms with Crippen LogP contribution in [0.4, 0.5) is 4.39 Å². The van der Waals surface area contributed by atoms with Crippen molar-refractivity contribution >= 4 is 17.5 Å². The van der Waals surface area contributed by atoms with Gasteiger partial charge in [0.1, 0.15) is 5.82 Å². The molecule has 9 heteroatoms. The topological polar surface area (TPSA) is 76.5 Å². The molecule has 0 radical (unpaired) electrons. The summed E-state index contributed by atoms with van der Waals surface area (Å²) in [5.74, 6) is -1.08. The van der Waals surface area contributed by atoms with Crippen LogP contribution in [0.5, 0.6) is 0 Å². The van der Waals surface area contributed by atoms with Crippen LogP contribution in [0, 0.1) is 12.7 Å². The van der Waals surface area contributed by atoms with Gasteiger partial charge in [-0.2, -0.15) is 5.10 Å². The molecule has 1 aromatic heterocycles. The molecule has 0 saturated carbocycles. The highest BCUT2D eigenvalue weighted by Crippen LogP contribution is 2.31. The highest BCUT2D eigenvalue weighted by atomic mass is 35.5. The minimum atomic E-state index is -0.631. The third kappa shape index (κ3) is 5.19. The number of para-hydroxylation sites is 1. The molecule has 178 valence electrons. The van der Waals surface area contributed by atoms with Gasteiger partial charge in [-0.15, -0.1) is 0 Å². The molecule has 1 aliphatic heterocycles. The molecule has 0 aliphatic carbocycles. The molecular formula is C25H26ClFN4O3. The molecule has 0 bridgehead atoms. The Morgan fingerprint density at radius 3 is 2.74 bits per heavy atom. The van der Waals surface area contributed by atoms with E-state index in [4.69, 9.17) is 16.3 Å². The Morgan fingerprint density at radius 2 is 2.03 bits per heavy atom. The Bertz CT molecular complexity index is 1210. The summed E-state index contributed by atoms with van der Waals surface area (Å²) in [6, 6.07) is 14.6. The van der Waals surface area contributed by atoms with Crippen molar-refractivity contribution in [1.82, 2.24) is 20.0 Å². The SMILES string of the molecule is Cc1cc(=O)c(C(=O)NCC(c2c(F)cccc2Cl)N2CCOC(C)C2)nn1-c1ccccc1. The average molecular weight is 485 g/mol. The van der Waals surface area contributed by atoms with Crippen molar-refractivity contribution in [1.29, 1.82) is 0 Å². The summed E-state index contributed by atoms with van der Waals surface area (Å²) in [6.45, 7) is 5.32. The standard InChI is InChI=1S/C25H26ClFN4O3/c1-16-13-22(32)24(29-31(16)18-7-4-3-5-8-18)25(33)28-14-21(30-11-12-34-17(2)15-30)23-19(26)9-6-10-20(23)27/h3-10,13,17,21H,11-12,14-15H2,1-2H3,(H,28,33). The molecule has 7 nitrogen and oxygen atoms in total. The number of hydrogen-bond acceptors (Lipinski definition) is 5. The number of amides is 1. The zero-order valence-corrected chi connectivity index (χ0v) is 19.8. The molecule has 3 aromatic rings. The third-order valence-electron chi connectivity index (χ3n) is 5.83. The van der Waals surface area contributed by atoms with E-state index in [1.54, 1.807) is 23.7 Å². The predicted octanol–water partition coefficient (Wildman–Crippen LogP) is 3.53. The summed E-state index contributed by atoms with van der Waals surface area (Å²) in [6.07, 6.45) is -0.0469. The Kier molecular flexibility index (Phi) is 7.41. The van der Waals surface area contributed by atoms with Gasteiger partial charge in [-0.05, 0) is 38.1 Å². The first-order valence-corrected chi connectivity index (χ1v) is 11.5. The number of nitrogens with one attached hydrogen (secondary N) is 1. The molecule has 1 fully saturated rings. The number of aromatic nitrogens is 2. The number of carbonyl (C=O) groups excluding carboxylic acids is 1. The lowest BCUT2D eigenvalue weighted by Crippen LogP contribution is -2.47. The summed E-state index contributed by atoms with van der Waals surface area (Å²) >= 11 is 6.37. The van der Waals surface area contributed by atoms with Crippen molar-refractivity contribution < 1.29 is 13.9 Å². The van der Waals surface area contributed by atoms with Crippen LogP contribution < -0.4 is 10.7 Å². The van der Waals surface area contributed by atoms with Gasteiger partial charge in [0.2, 0.25) is 5.43 Å². The Hall–Kier alpha value is -3.07. The Morgan fingerprint density at radius 1 is 1.26 bits per heavy atom. The number of benzene rings is 2. The lowest BCUT2D eigenvalue weighted by Gasteiger charge is -2.38. The molecule has 0 spiro atoms. The molecule has 2 atom stereocenters. The van der Waals surface area contributed by atoms with Crippen LogP contribution in [0.1, 0.15) is 34.7 Å². The van der Waals surface area contributed by atoms with E-state index in [0.29, 0.717) is 31.0 Å². The van der Waals surface area contributed by atoms with Gasteiger partial charge in [-0.3, -0.25) is 14.5 Å². The van der Waals surface area contributed by atoms with Gasteiger partial charge in [0.25, 0.3) is 5.91 Å².